The number of hydrogen-bond donors (Lipinski definition) is 0. The Morgan fingerprint density at radius 1 is 0.111 bits per heavy atom. The summed E-state index contributed by atoms with van der Waals surface area (Å²) in [4.78, 5) is -7.95. The van der Waals surface area contributed by atoms with E-state index in [9.17, 15) is 0 Å². The van der Waals surface area contributed by atoms with E-state index in [4.69, 9.17) is 0 Å². The van der Waals surface area contributed by atoms with E-state index in [2.05, 4.69) is 41.5 Å². The highest BCUT2D eigenvalue weighted by atomic mass is 32.2. The number of unbranched alkanes of at least 4 members (excludes halogenated alkanes) is 66. The average Bonchev–Trinajstić information content (AvgIpc) is 0.691. The van der Waals surface area contributed by atoms with Gasteiger partial charge in [-0.3, -0.25) is 0 Å². The van der Waals surface area contributed by atoms with Gasteiger partial charge in [-0.15, -0.1) is 0 Å². The number of benzene rings is 1. The second-order valence-corrected chi connectivity index (χ2v) is 45.5. The van der Waals surface area contributed by atoms with Crippen molar-refractivity contribution in [3.8, 4) is 0 Å². The summed E-state index contributed by atoms with van der Waals surface area (Å²) >= 11 is 0. The standard InChI is InChI=1S/C90H174O12S6/c1-7-13-19-25-31-37-43-49-55-61-67-73-79-103(91,92)85-86(104(93,94)80-74-68-62-56-50-44-38-32-26-20-14-8-2)88(106(97,98)82-76-70-64-58-52-46-40-34-28-22-16-10-4)90(108(101,102)84-78-72-66-60-54-48-42-36-30-24-18-12-6)89(107(99,100)83-77-71-65-59-53-47-41-35-29-23-17-11-5)87(85)105(95,96)81-75-69-63-57-51-45-39-33-27-21-15-9-3/h7-84H2,1-6H3. The van der Waals surface area contributed by atoms with E-state index in [0.717, 1.165) is 193 Å². The van der Waals surface area contributed by atoms with Crippen molar-refractivity contribution in [3.63, 3.8) is 0 Å². The van der Waals surface area contributed by atoms with Gasteiger partial charge in [-0.1, -0.05) is 465 Å². The predicted molar refractivity (Wildman–Crippen MR) is 465 cm³/mol. The van der Waals surface area contributed by atoms with Crippen molar-refractivity contribution in [3.05, 3.63) is 0 Å². The van der Waals surface area contributed by atoms with Gasteiger partial charge >= 0.3 is 0 Å². The Morgan fingerprint density at radius 3 is 0.250 bits per heavy atom. The van der Waals surface area contributed by atoms with Crippen LogP contribution < -0.4 is 0 Å². The minimum atomic E-state index is -5.26. The first kappa shape index (κ1) is 105. The Bertz CT molecular complexity index is 2460. The summed E-state index contributed by atoms with van der Waals surface area (Å²) in [6.07, 6.45) is 65.2. The van der Waals surface area contributed by atoms with Crippen molar-refractivity contribution in [1.82, 2.24) is 0 Å². The Balaban J connectivity index is 4.58. The highest BCUT2D eigenvalue weighted by Crippen LogP contribution is 2.47. The second kappa shape index (κ2) is 68.0. The third-order valence-electron chi connectivity index (χ3n) is 22.7. The SMILES string of the molecule is CCCCCCCCCCCCCCS(=O)(=O)c1c(S(=O)(=O)CCCCCCCCCCCCCC)c(S(=O)(=O)CCCCCCCCCCCCCC)c(S(=O)(=O)CCCCCCCCCCCCCC)c(S(=O)(=O)CCCCCCCCCCCCCC)c1S(=O)(=O)CCCCCCCCCCCCCC. The van der Waals surface area contributed by atoms with Crippen molar-refractivity contribution < 1.29 is 50.5 Å². The molecule has 0 aliphatic heterocycles. The van der Waals surface area contributed by atoms with E-state index in [0.29, 0.717) is 77.0 Å². The minimum Gasteiger partial charge on any atom is -0.224 e. The molecule has 642 valence electrons. The molecule has 1 aromatic carbocycles. The minimum absolute atomic E-state index is 0.0311. The van der Waals surface area contributed by atoms with Crippen molar-refractivity contribution >= 4 is 59.0 Å². The summed E-state index contributed by atoms with van der Waals surface area (Å²) in [7, 11) is -31.5. The molecule has 0 aromatic heterocycles. The summed E-state index contributed by atoms with van der Waals surface area (Å²) in [6.45, 7) is 13.2. The summed E-state index contributed by atoms with van der Waals surface area (Å²) in [5, 5.41) is 0. The molecule has 0 aliphatic rings. The monoisotopic (exact) mass is 1640 g/mol. The van der Waals surface area contributed by atoms with Gasteiger partial charge in [0, 0.05) is 0 Å². The van der Waals surface area contributed by atoms with Gasteiger partial charge in [0.2, 0.25) is 0 Å². The van der Waals surface area contributed by atoms with Crippen molar-refractivity contribution in [2.45, 2.75) is 533 Å². The Morgan fingerprint density at radius 2 is 0.176 bits per heavy atom. The quantitative estimate of drug-likeness (QED) is 0.0559. The van der Waals surface area contributed by atoms with Crippen LogP contribution >= 0.6 is 0 Å². The van der Waals surface area contributed by atoms with Gasteiger partial charge in [0.25, 0.3) is 0 Å². The molecule has 0 spiro atoms. The van der Waals surface area contributed by atoms with E-state index in [1.807, 2.05) is 0 Å². The average molecular weight is 1640 g/mol. The molecular formula is C90H174O12S6. The van der Waals surface area contributed by atoms with Crippen LogP contribution in [-0.2, 0) is 59.0 Å². The fraction of sp³-hybridized carbons (Fsp3) is 0.933. The van der Waals surface area contributed by atoms with E-state index in [1.54, 1.807) is 0 Å². The maximum atomic E-state index is 16.2. The van der Waals surface area contributed by atoms with Crippen LogP contribution in [0.1, 0.15) is 504 Å². The second-order valence-electron chi connectivity index (χ2n) is 33.2. The van der Waals surface area contributed by atoms with Crippen LogP contribution in [0, 0.1) is 0 Å². The third-order valence-corrected chi connectivity index (χ3v) is 34.6. The zero-order valence-corrected chi connectivity index (χ0v) is 76.4. The molecule has 0 aliphatic carbocycles. The molecule has 12 nitrogen and oxygen atoms in total. The molecule has 0 atom stereocenters. The molecular weight excluding hydrogens is 1470 g/mol. The van der Waals surface area contributed by atoms with E-state index in [1.165, 1.54) is 154 Å². The van der Waals surface area contributed by atoms with Gasteiger partial charge in [-0.2, -0.15) is 0 Å². The zero-order chi connectivity index (χ0) is 79.6. The lowest BCUT2D eigenvalue weighted by atomic mass is 10.1. The Labute approximate surface area is 672 Å². The van der Waals surface area contributed by atoms with Crippen molar-refractivity contribution in [2.24, 2.45) is 0 Å². The first-order chi connectivity index (χ1) is 52.1. The summed E-state index contributed by atoms with van der Waals surface area (Å²) in [5.74, 6) is -4.70. The fourth-order valence-corrected chi connectivity index (χ4v) is 30.0. The fourth-order valence-electron chi connectivity index (χ4n) is 15.7. The molecule has 108 heavy (non-hydrogen) atoms. The first-order valence-electron chi connectivity index (χ1n) is 46.7. The highest BCUT2D eigenvalue weighted by Gasteiger charge is 2.49. The topological polar surface area (TPSA) is 205 Å². The first-order valence-corrected chi connectivity index (χ1v) is 56.6. The van der Waals surface area contributed by atoms with Crippen LogP contribution in [0.25, 0.3) is 0 Å². The number of sulfone groups is 6. The molecule has 0 unspecified atom stereocenters. The molecule has 0 fully saturated rings. The van der Waals surface area contributed by atoms with Crippen LogP contribution in [0.2, 0.25) is 0 Å². The Kier molecular flexibility index (Phi) is 66.1. The van der Waals surface area contributed by atoms with Crippen molar-refractivity contribution in [2.75, 3.05) is 34.5 Å². The third kappa shape index (κ3) is 51.1. The predicted octanol–water partition coefficient (Wildman–Crippen LogP) is 28.5. The lowest BCUT2D eigenvalue weighted by Crippen LogP contribution is -2.30. The number of rotatable bonds is 84. The molecule has 0 bridgehead atoms. The molecule has 1 aromatic rings. The van der Waals surface area contributed by atoms with Gasteiger partial charge in [0.05, 0.1) is 34.5 Å². The molecule has 0 saturated heterocycles. The summed E-state index contributed by atoms with van der Waals surface area (Å²) in [5.41, 5.74) is 0. The summed E-state index contributed by atoms with van der Waals surface area (Å²) in [6, 6.07) is 0. The molecule has 0 amide bonds. The van der Waals surface area contributed by atoms with Crippen LogP contribution in [-0.4, -0.2) is 85.0 Å². The van der Waals surface area contributed by atoms with Gasteiger partial charge < -0.3 is 0 Å². The molecule has 1 rings (SSSR count). The largest absolute Gasteiger partial charge is 0.224 e. The Hall–Kier alpha value is -1.08. The van der Waals surface area contributed by atoms with Crippen LogP contribution in [0.15, 0.2) is 29.4 Å². The highest BCUT2D eigenvalue weighted by molar-refractivity contribution is 7.99. The van der Waals surface area contributed by atoms with E-state index >= 15 is 50.5 Å². The van der Waals surface area contributed by atoms with Gasteiger partial charge in [0.15, 0.2) is 59.0 Å². The molecule has 0 heterocycles. The normalized spacial score (nSPS) is 12.7. The molecule has 0 saturated carbocycles. The maximum absolute atomic E-state index is 16.2. The summed E-state index contributed by atoms with van der Waals surface area (Å²) < 4.78 is 194. The van der Waals surface area contributed by atoms with E-state index in [-0.39, 0.29) is 38.5 Å². The number of hydrogen-bond acceptors (Lipinski definition) is 12. The van der Waals surface area contributed by atoms with Crippen molar-refractivity contribution in [1.29, 1.82) is 0 Å². The molecule has 0 N–H and O–H groups in total. The van der Waals surface area contributed by atoms with Gasteiger partial charge in [-0.05, 0) is 38.5 Å². The molecule has 0 radical (unpaired) electrons. The smallest absolute Gasteiger partial charge is 0.181 e. The van der Waals surface area contributed by atoms with Gasteiger partial charge in [0.1, 0.15) is 29.4 Å². The molecule has 18 heteroatoms. The lowest BCUT2D eigenvalue weighted by Gasteiger charge is -2.26. The van der Waals surface area contributed by atoms with Gasteiger partial charge in [-0.25, -0.2) is 50.5 Å². The van der Waals surface area contributed by atoms with Crippen LogP contribution in [0.5, 0.6) is 0 Å². The van der Waals surface area contributed by atoms with E-state index < -0.39 is 123 Å². The van der Waals surface area contributed by atoms with Crippen LogP contribution in [0.3, 0.4) is 0 Å². The van der Waals surface area contributed by atoms with Crippen LogP contribution in [0.4, 0.5) is 0 Å². The maximum Gasteiger partial charge on any atom is 0.181 e. The lowest BCUT2D eigenvalue weighted by molar-refractivity contribution is 0.528. The zero-order valence-electron chi connectivity index (χ0n) is 71.5.